The van der Waals surface area contributed by atoms with Crippen molar-refractivity contribution in [3.63, 3.8) is 0 Å². The van der Waals surface area contributed by atoms with Gasteiger partial charge in [0.25, 0.3) is 0 Å². The molecule has 2 aliphatic heterocycles. The number of fused-ring (bicyclic) bond motifs is 1. The lowest BCUT2D eigenvalue weighted by Crippen LogP contribution is -2.49. The first-order chi connectivity index (χ1) is 19.9. The molecule has 0 radical (unpaired) electrons. The van der Waals surface area contributed by atoms with Crippen molar-refractivity contribution in [1.82, 2.24) is 14.9 Å². The Hall–Kier alpha value is -3.75. The Kier molecular flexibility index (Phi) is 7.53. The molecule has 0 N–H and O–H groups in total. The fourth-order valence-electron chi connectivity index (χ4n) is 6.54. The van der Waals surface area contributed by atoms with E-state index in [1.807, 2.05) is 54.6 Å². The molecule has 2 aliphatic rings. The molecule has 212 valence electrons. The molecular formula is C33H32F3N3O2. The first-order valence-corrected chi connectivity index (χ1v) is 14.0. The summed E-state index contributed by atoms with van der Waals surface area (Å²) in [5, 5.41) is 0. The highest BCUT2D eigenvalue weighted by molar-refractivity contribution is 5.47. The van der Waals surface area contributed by atoms with Gasteiger partial charge in [-0.15, -0.1) is 0 Å². The van der Waals surface area contributed by atoms with Crippen molar-refractivity contribution >= 4 is 0 Å². The minimum Gasteiger partial charge on any atom is -0.476 e. The van der Waals surface area contributed by atoms with Crippen molar-refractivity contribution in [3.05, 3.63) is 126 Å². The van der Waals surface area contributed by atoms with Crippen LogP contribution in [0.3, 0.4) is 0 Å². The van der Waals surface area contributed by atoms with E-state index >= 15 is 0 Å². The van der Waals surface area contributed by atoms with Gasteiger partial charge in [-0.25, -0.2) is 4.98 Å². The average Bonchev–Trinajstić information content (AvgIpc) is 3.57. The summed E-state index contributed by atoms with van der Waals surface area (Å²) in [6, 6.07) is 32.4. The molecule has 2 atom stereocenters. The number of nitrogens with zero attached hydrogens (tertiary/aromatic N) is 3. The zero-order valence-corrected chi connectivity index (χ0v) is 22.6. The molecule has 0 saturated carbocycles. The monoisotopic (exact) mass is 559 g/mol. The number of hydrogen-bond donors (Lipinski definition) is 0. The Bertz CT molecular complexity index is 1340. The van der Waals surface area contributed by atoms with Crippen LogP contribution in [0, 0.1) is 0 Å². The molecular weight excluding hydrogens is 527 g/mol. The molecule has 0 unspecified atom stereocenters. The largest absolute Gasteiger partial charge is 0.476 e. The quantitative estimate of drug-likeness (QED) is 0.209. The standard InChI is InChI=1S/C33H32F3N3O2/c34-33(35,36)30-37-21-18-29(38-30)40-23-28-17-20-31(19-10-22-39(28)31)24-41-32(25-11-4-1-5-12-25,26-13-6-2-7-14-26)27-15-8-3-9-16-27/h1-9,11-16,18,21,28H,10,17,19-20,22-24H2/t28-,31-/m0/s1. The highest BCUT2D eigenvalue weighted by Gasteiger charge is 2.51. The summed E-state index contributed by atoms with van der Waals surface area (Å²) in [5.74, 6) is -1.25. The van der Waals surface area contributed by atoms with E-state index in [1.54, 1.807) is 0 Å². The predicted octanol–water partition coefficient (Wildman–Crippen LogP) is 6.88. The maximum Gasteiger partial charge on any atom is 0.451 e. The molecule has 2 saturated heterocycles. The van der Waals surface area contributed by atoms with Gasteiger partial charge in [0.15, 0.2) is 0 Å². The molecule has 0 aliphatic carbocycles. The second kappa shape index (κ2) is 11.3. The van der Waals surface area contributed by atoms with E-state index < -0.39 is 17.6 Å². The summed E-state index contributed by atoms with van der Waals surface area (Å²) in [7, 11) is 0. The van der Waals surface area contributed by atoms with Gasteiger partial charge in [0.05, 0.1) is 6.61 Å². The Labute approximate surface area is 238 Å². The van der Waals surface area contributed by atoms with Crippen LogP contribution in [0.5, 0.6) is 5.88 Å². The van der Waals surface area contributed by atoms with Gasteiger partial charge in [-0.1, -0.05) is 91.0 Å². The smallest absolute Gasteiger partial charge is 0.451 e. The van der Waals surface area contributed by atoms with Crippen LogP contribution in [-0.2, 0) is 16.5 Å². The average molecular weight is 560 g/mol. The molecule has 6 rings (SSSR count). The lowest BCUT2D eigenvalue weighted by molar-refractivity contribution is -0.145. The Balaban J connectivity index is 1.27. The van der Waals surface area contributed by atoms with E-state index in [-0.39, 0.29) is 24.1 Å². The zero-order valence-electron chi connectivity index (χ0n) is 22.6. The lowest BCUT2D eigenvalue weighted by atomic mass is 9.79. The van der Waals surface area contributed by atoms with Gasteiger partial charge in [0.2, 0.25) is 11.7 Å². The minimum atomic E-state index is -4.61. The first kappa shape index (κ1) is 27.4. The number of halogens is 3. The molecule has 0 bridgehead atoms. The fraction of sp³-hybridized carbons (Fsp3) is 0.333. The zero-order chi connectivity index (χ0) is 28.3. The minimum absolute atomic E-state index is 0.0588. The van der Waals surface area contributed by atoms with Gasteiger partial charge < -0.3 is 9.47 Å². The highest BCUT2D eigenvalue weighted by atomic mass is 19.4. The summed E-state index contributed by atoms with van der Waals surface area (Å²) in [4.78, 5) is 9.36. The van der Waals surface area contributed by atoms with E-state index in [4.69, 9.17) is 9.47 Å². The van der Waals surface area contributed by atoms with Crippen LogP contribution < -0.4 is 4.74 Å². The highest BCUT2D eigenvalue weighted by Crippen LogP contribution is 2.47. The Morgan fingerprint density at radius 1 is 0.805 bits per heavy atom. The van der Waals surface area contributed by atoms with E-state index in [1.165, 1.54) is 6.07 Å². The van der Waals surface area contributed by atoms with Crippen molar-refractivity contribution in [2.24, 2.45) is 0 Å². The third kappa shape index (κ3) is 5.34. The lowest BCUT2D eigenvalue weighted by Gasteiger charge is -2.41. The topological polar surface area (TPSA) is 47.5 Å². The number of alkyl halides is 3. The first-order valence-electron chi connectivity index (χ1n) is 14.0. The summed E-state index contributed by atoms with van der Waals surface area (Å²) in [6.07, 6.45) is 0.286. The predicted molar refractivity (Wildman–Crippen MR) is 149 cm³/mol. The molecule has 8 heteroatoms. The molecule has 1 aromatic heterocycles. The molecule has 3 aromatic carbocycles. The number of benzene rings is 3. The van der Waals surface area contributed by atoms with Gasteiger partial charge in [-0.2, -0.15) is 18.2 Å². The normalized spacial score (nSPS) is 21.1. The van der Waals surface area contributed by atoms with Gasteiger partial charge in [-0.3, -0.25) is 4.90 Å². The third-order valence-corrected chi connectivity index (χ3v) is 8.44. The molecule has 2 fully saturated rings. The Morgan fingerprint density at radius 3 is 1.95 bits per heavy atom. The molecule has 5 nitrogen and oxygen atoms in total. The molecule has 41 heavy (non-hydrogen) atoms. The van der Waals surface area contributed by atoms with Crippen LogP contribution in [0.25, 0.3) is 0 Å². The van der Waals surface area contributed by atoms with Gasteiger partial charge in [-0.05, 0) is 48.9 Å². The van der Waals surface area contributed by atoms with Crippen LogP contribution in [-0.4, -0.2) is 46.2 Å². The maximum absolute atomic E-state index is 13.1. The summed E-state index contributed by atoms with van der Waals surface area (Å²) in [5.41, 5.74) is 2.18. The van der Waals surface area contributed by atoms with Crippen molar-refractivity contribution in [3.8, 4) is 5.88 Å². The number of rotatable bonds is 9. The van der Waals surface area contributed by atoms with Crippen LogP contribution >= 0.6 is 0 Å². The summed E-state index contributed by atoms with van der Waals surface area (Å²) >= 11 is 0. The van der Waals surface area contributed by atoms with Crippen LogP contribution in [0.15, 0.2) is 103 Å². The van der Waals surface area contributed by atoms with E-state index in [9.17, 15) is 13.2 Å². The number of aromatic nitrogens is 2. The third-order valence-electron chi connectivity index (χ3n) is 8.44. The second-order valence-corrected chi connectivity index (χ2v) is 10.8. The molecule has 4 aromatic rings. The van der Waals surface area contributed by atoms with Crippen molar-refractivity contribution in [2.75, 3.05) is 19.8 Å². The van der Waals surface area contributed by atoms with Crippen LogP contribution in [0.1, 0.15) is 48.2 Å². The van der Waals surface area contributed by atoms with Crippen LogP contribution in [0.4, 0.5) is 13.2 Å². The van der Waals surface area contributed by atoms with E-state index in [2.05, 4.69) is 51.3 Å². The number of hydrogen-bond acceptors (Lipinski definition) is 5. The SMILES string of the molecule is FC(F)(F)c1nccc(OC[C@@H]2CC[C@]3(COC(c4ccccc4)(c4ccccc4)c4ccccc4)CCCN23)n1. The maximum atomic E-state index is 13.1. The fourth-order valence-corrected chi connectivity index (χ4v) is 6.54. The van der Waals surface area contributed by atoms with Crippen molar-refractivity contribution in [1.29, 1.82) is 0 Å². The van der Waals surface area contributed by atoms with Gasteiger partial charge >= 0.3 is 6.18 Å². The molecule has 0 spiro atoms. The van der Waals surface area contributed by atoms with Gasteiger partial charge in [0, 0.05) is 23.8 Å². The Morgan fingerprint density at radius 2 is 1.39 bits per heavy atom. The van der Waals surface area contributed by atoms with Crippen LogP contribution in [0.2, 0.25) is 0 Å². The summed E-state index contributed by atoms with van der Waals surface area (Å²) in [6.45, 7) is 1.66. The van der Waals surface area contributed by atoms with Crippen molar-refractivity contribution in [2.45, 2.75) is 49.0 Å². The van der Waals surface area contributed by atoms with Crippen molar-refractivity contribution < 1.29 is 22.6 Å². The number of ether oxygens (including phenoxy) is 2. The molecule has 0 amide bonds. The molecule has 3 heterocycles. The van der Waals surface area contributed by atoms with E-state index in [0.29, 0.717) is 6.61 Å². The second-order valence-electron chi connectivity index (χ2n) is 10.8. The van der Waals surface area contributed by atoms with E-state index in [0.717, 1.165) is 55.1 Å². The van der Waals surface area contributed by atoms with Gasteiger partial charge in [0.1, 0.15) is 12.2 Å². The summed E-state index contributed by atoms with van der Waals surface area (Å²) < 4.78 is 52.3.